The highest BCUT2D eigenvalue weighted by molar-refractivity contribution is 9.10. The van der Waals surface area contributed by atoms with E-state index in [1.165, 1.54) is 5.69 Å². The predicted molar refractivity (Wildman–Crippen MR) is 116 cm³/mol. The van der Waals surface area contributed by atoms with Crippen molar-refractivity contribution in [3.63, 3.8) is 0 Å². The highest BCUT2D eigenvalue weighted by Gasteiger charge is 2.17. The number of amides is 1. The number of nitrogens with zero attached hydrogens (tertiary/aromatic N) is 2. The Balaban J connectivity index is 1.30. The predicted octanol–water partition coefficient (Wildman–Crippen LogP) is 3.35. The summed E-state index contributed by atoms with van der Waals surface area (Å²) in [7, 11) is 0. The molecule has 0 unspecified atom stereocenters. The van der Waals surface area contributed by atoms with Crippen molar-refractivity contribution in [2.24, 2.45) is 0 Å². The van der Waals surface area contributed by atoms with Crippen LogP contribution in [0.5, 0.6) is 0 Å². The summed E-state index contributed by atoms with van der Waals surface area (Å²) in [6.45, 7) is 5.45. The molecule has 0 bridgehead atoms. The number of hydrogen-bond donors (Lipinski definition) is 1. The maximum absolute atomic E-state index is 12.1. The van der Waals surface area contributed by atoms with Gasteiger partial charge in [0.2, 0.25) is 5.91 Å². The molecule has 0 aromatic heterocycles. The molecule has 5 nitrogen and oxygen atoms in total. The minimum Gasteiger partial charge on any atom is -0.369 e. The number of halogens is 1. The van der Waals surface area contributed by atoms with Gasteiger partial charge in [0.05, 0.1) is 0 Å². The minimum absolute atomic E-state index is 0.000293. The molecule has 3 rings (SSSR count). The molecule has 0 spiro atoms. The summed E-state index contributed by atoms with van der Waals surface area (Å²) in [5, 5.41) is 2.93. The van der Waals surface area contributed by atoms with Gasteiger partial charge in [-0.3, -0.25) is 14.5 Å². The number of benzene rings is 2. The lowest BCUT2D eigenvalue weighted by molar-refractivity contribution is -0.121. The second-order valence-electron chi connectivity index (χ2n) is 6.94. The first-order valence-electron chi connectivity index (χ1n) is 9.69. The Hall–Kier alpha value is -2.18. The van der Waals surface area contributed by atoms with Crippen molar-refractivity contribution in [2.45, 2.75) is 12.8 Å². The molecule has 1 heterocycles. The number of nitrogens with one attached hydrogen (secondary N) is 1. The van der Waals surface area contributed by atoms with Gasteiger partial charge in [0.15, 0.2) is 5.78 Å². The van der Waals surface area contributed by atoms with Crippen LogP contribution in [0.4, 0.5) is 5.69 Å². The average Bonchev–Trinajstić information content (AvgIpc) is 2.74. The molecule has 148 valence electrons. The highest BCUT2D eigenvalue weighted by atomic mass is 79.9. The summed E-state index contributed by atoms with van der Waals surface area (Å²) in [6.07, 6.45) is 0.472. The van der Waals surface area contributed by atoms with Crippen LogP contribution in [-0.4, -0.2) is 55.9 Å². The molecule has 1 N–H and O–H groups in total. The van der Waals surface area contributed by atoms with Crippen molar-refractivity contribution < 1.29 is 9.59 Å². The van der Waals surface area contributed by atoms with Crippen LogP contribution in [0.1, 0.15) is 23.2 Å². The van der Waals surface area contributed by atoms with E-state index in [-0.39, 0.29) is 24.5 Å². The van der Waals surface area contributed by atoms with E-state index < -0.39 is 0 Å². The lowest BCUT2D eigenvalue weighted by atomic mass is 10.1. The maximum atomic E-state index is 12.1. The summed E-state index contributed by atoms with van der Waals surface area (Å²) in [5.41, 5.74) is 1.91. The van der Waals surface area contributed by atoms with Gasteiger partial charge in [-0.1, -0.05) is 46.3 Å². The van der Waals surface area contributed by atoms with Crippen LogP contribution in [0.3, 0.4) is 0 Å². The molecule has 0 aliphatic carbocycles. The Morgan fingerprint density at radius 2 is 1.57 bits per heavy atom. The largest absolute Gasteiger partial charge is 0.369 e. The zero-order valence-corrected chi connectivity index (χ0v) is 17.5. The van der Waals surface area contributed by atoms with E-state index in [1.54, 1.807) is 12.1 Å². The fourth-order valence-corrected chi connectivity index (χ4v) is 3.58. The fourth-order valence-electron chi connectivity index (χ4n) is 3.32. The van der Waals surface area contributed by atoms with Gasteiger partial charge in [-0.25, -0.2) is 0 Å². The molecule has 1 amide bonds. The summed E-state index contributed by atoms with van der Waals surface area (Å²) in [6, 6.07) is 17.7. The van der Waals surface area contributed by atoms with Crippen molar-refractivity contribution in [1.29, 1.82) is 0 Å². The maximum Gasteiger partial charge on any atom is 0.220 e. The lowest BCUT2D eigenvalue weighted by Gasteiger charge is -2.36. The Morgan fingerprint density at radius 1 is 0.893 bits per heavy atom. The van der Waals surface area contributed by atoms with Crippen molar-refractivity contribution >= 4 is 33.3 Å². The topological polar surface area (TPSA) is 52.7 Å². The summed E-state index contributed by atoms with van der Waals surface area (Å²) >= 11 is 3.35. The summed E-state index contributed by atoms with van der Waals surface area (Å²) in [5.74, 6) is -0.0620. The van der Waals surface area contributed by atoms with Crippen LogP contribution < -0.4 is 10.2 Å². The quantitative estimate of drug-likeness (QED) is 0.635. The fraction of sp³-hybridized carbons (Fsp3) is 0.364. The van der Waals surface area contributed by atoms with E-state index in [4.69, 9.17) is 0 Å². The van der Waals surface area contributed by atoms with E-state index in [9.17, 15) is 9.59 Å². The first-order chi connectivity index (χ1) is 13.6. The van der Waals surface area contributed by atoms with Gasteiger partial charge in [-0.15, -0.1) is 0 Å². The van der Waals surface area contributed by atoms with E-state index in [0.29, 0.717) is 12.1 Å². The summed E-state index contributed by atoms with van der Waals surface area (Å²) < 4.78 is 0.936. The number of ketones is 1. The van der Waals surface area contributed by atoms with E-state index in [2.05, 4.69) is 55.3 Å². The third-order valence-corrected chi connectivity index (χ3v) is 5.52. The Bertz CT molecular complexity index is 772. The second kappa shape index (κ2) is 10.4. The summed E-state index contributed by atoms with van der Waals surface area (Å²) in [4.78, 5) is 28.9. The minimum atomic E-state index is -0.0617. The van der Waals surface area contributed by atoms with Crippen LogP contribution in [0.2, 0.25) is 0 Å². The van der Waals surface area contributed by atoms with Crippen molar-refractivity contribution in [3.8, 4) is 0 Å². The van der Waals surface area contributed by atoms with Crippen molar-refractivity contribution in [2.75, 3.05) is 44.2 Å². The molecule has 1 fully saturated rings. The Morgan fingerprint density at radius 3 is 2.25 bits per heavy atom. The SMILES string of the molecule is O=C(CCC(=O)c1ccc(Br)cc1)NCCN1CCN(c2ccccc2)CC1. The number of para-hydroxylation sites is 1. The van der Waals surface area contributed by atoms with Gasteiger partial charge < -0.3 is 10.2 Å². The molecule has 1 aliphatic heterocycles. The second-order valence-corrected chi connectivity index (χ2v) is 7.86. The van der Waals surface area contributed by atoms with E-state index >= 15 is 0 Å². The number of piperazine rings is 1. The monoisotopic (exact) mass is 443 g/mol. The zero-order chi connectivity index (χ0) is 19.8. The van der Waals surface area contributed by atoms with Gasteiger partial charge in [0.1, 0.15) is 0 Å². The van der Waals surface area contributed by atoms with Gasteiger partial charge >= 0.3 is 0 Å². The Labute approximate surface area is 174 Å². The molecular weight excluding hydrogens is 418 g/mol. The van der Waals surface area contributed by atoms with Crippen molar-refractivity contribution in [1.82, 2.24) is 10.2 Å². The van der Waals surface area contributed by atoms with Crippen LogP contribution >= 0.6 is 15.9 Å². The number of carbonyl (C=O) groups excluding carboxylic acids is 2. The molecule has 1 saturated heterocycles. The molecule has 28 heavy (non-hydrogen) atoms. The molecule has 0 saturated carbocycles. The number of rotatable bonds is 8. The van der Waals surface area contributed by atoms with Crippen LogP contribution in [0, 0.1) is 0 Å². The van der Waals surface area contributed by atoms with Crippen molar-refractivity contribution in [3.05, 3.63) is 64.6 Å². The molecule has 2 aromatic rings. The first kappa shape index (κ1) is 20.6. The molecule has 2 aromatic carbocycles. The number of anilines is 1. The number of hydrogen-bond acceptors (Lipinski definition) is 4. The van der Waals surface area contributed by atoms with Crippen LogP contribution in [0.15, 0.2) is 59.1 Å². The average molecular weight is 444 g/mol. The number of Topliss-reactive ketones (excluding diaryl/α,β-unsaturated/α-hetero) is 1. The highest BCUT2D eigenvalue weighted by Crippen LogP contribution is 2.15. The Kier molecular flexibility index (Phi) is 7.62. The first-order valence-corrected chi connectivity index (χ1v) is 10.5. The third kappa shape index (κ3) is 6.17. The molecule has 6 heteroatoms. The zero-order valence-electron chi connectivity index (χ0n) is 15.9. The van der Waals surface area contributed by atoms with Crippen LogP contribution in [-0.2, 0) is 4.79 Å². The standard InChI is InChI=1S/C22H26BrN3O2/c23-19-8-6-18(7-9-19)21(27)10-11-22(28)24-12-13-25-14-16-26(17-15-25)20-4-2-1-3-5-20/h1-9H,10-17H2,(H,24,28). The van der Waals surface area contributed by atoms with Gasteiger partial charge in [-0.05, 0) is 24.3 Å². The lowest BCUT2D eigenvalue weighted by Crippen LogP contribution is -2.48. The van der Waals surface area contributed by atoms with E-state index in [1.807, 2.05) is 18.2 Å². The van der Waals surface area contributed by atoms with E-state index in [0.717, 1.165) is 37.2 Å². The molecule has 0 atom stereocenters. The van der Waals surface area contributed by atoms with Gasteiger partial charge in [0.25, 0.3) is 0 Å². The molecule has 0 radical (unpaired) electrons. The van der Waals surface area contributed by atoms with Crippen LogP contribution in [0.25, 0.3) is 0 Å². The smallest absolute Gasteiger partial charge is 0.220 e. The van der Waals surface area contributed by atoms with Gasteiger partial charge in [-0.2, -0.15) is 0 Å². The molecular formula is C22H26BrN3O2. The third-order valence-electron chi connectivity index (χ3n) is 4.99. The molecule has 1 aliphatic rings. The van der Waals surface area contributed by atoms with Gasteiger partial charge in [0, 0.05) is 67.8 Å². The normalized spacial score (nSPS) is 14.7. The number of carbonyl (C=O) groups is 2.